The Morgan fingerprint density at radius 1 is 1.04 bits per heavy atom. The van der Waals surface area contributed by atoms with Crippen LogP contribution in [0, 0.1) is 10.1 Å². The third-order valence-electron chi connectivity index (χ3n) is 5.05. The van der Waals surface area contributed by atoms with Crippen molar-refractivity contribution < 1.29 is 9.66 Å². The number of nitro benzene ring substituents is 1. The van der Waals surface area contributed by atoms with Crippen molar-refractivity contribution in [2.45, 2.75) is 18.6 Å². The molecule has 0 saturated carbocycles. The van der Waals surface area contributed by atoms with Crippen LogP contribution < -0.4 is 4.74 Å². The van der Waals surface area contributed by atoms with Crippen LogP contribution in [-0.4, -0.2) is 30.1 Å². The van der Waals surface area contributed by atoms with Crippen molar-refractivity contribution in [3.8, 4) is 5.75 Å². The van der Waals surface area contributed by atoms with Gasteiger partial charge in [0.1, 0.15) is 5.75 Å². The fourth-order valence-electron chi connectivity index (χ4n) is 3.76. The molecule has 26 heavy (non-hydrogen) atoms. The first-order chi connectivity index (χ1) is 12.5. The summed E-state index contributed by atoms with van der Waals surface area (Å²) < 4.78 is 6.34. The number of rotatable bonds is 3. The van der Waals surface area contributed by atoms with Gasteiger partial charge in [-0.05, 0) is 42.9 Å². The van der Waals surface area contributed by atoms with Gasteiger partial charge in [-0.25, -0.2) is 0 Å². The van der Waals surface area contributed by atoms with Gasteiger partial charge in [0.05, 0.1) is 4.92 Å². The van der Waals surface area contributed by atoms with Crippen LogP contribution in [0.1, 0.15) is 17.0 Å². The van der Waals surface area contributed by atoms with Gasteiger partial charge in [0.2, 0.25) is 0 Å². The molecule has 132 valence electrons. The molecule has 0 N–H and O–H groups in total. The molecule has 1 aliphatic heterocycles. The highest BCUT2D eigenvalue weighted by Crippen LogP contribution is 2.40. The quantitative estimate of drug-likeness (QED) is 0.521. The first-order valence-electron chi connectivity index (χ1n) is 8.62. The summed E-state index contributed by atoms with van der Waals surface area (Å²) in [6.45, 7) is 0. The van der Waals surface area contributed by atoms with Crippen LogP contribution in [0.25, 0.3) is 10.8 Å². The minimum atomic E-state index is -0.368. The van der Waals surface area contributed by atoms with Crippen molar-refractivity contribution in [1.82, 2.24) is 4.90 Å². The maximum Gasteiger partial charge on any atom is 0.269 e. The van der Waals surface area contributed by atoms with Crippen molar-refractivity contribution in [1.29, 1.82) is 0 Å². The van der Waals surface area contributed by atoms with E-state index < -0.39 is 0 Å². The van der Waals surface area contributed by atoms with E-state index in [1.807, 2.05) is 44.4 Å². The first kappa shape index (κ1) is 16.5. The fraction of sp³-hybridized carbons (Fsp3) is 0.238. The minimum Gasteiger partial charge on any atom is -0.474 e. The van der Waals surface area contributed by atoms with E-state index in [1.54, 1.807) is 12.1 Å². The van der Waals surface area contributed by atoms with E-state index in [2.05, 4.69) is 23.1 Å². The molecule has 2 atom stereocenters. The topological polar surface area (TPSA) is 55.6 Å². The van der Waals surface area contributed by atoms with Crippen LogP contribution in [0.5, 0.6) is 5.75 Å². The highest BCUT2D eigenvalue weighted by molar-refractivity contribution is 5.88. The predicted molar refractivity (Wildman–Crippen MR) is 102 cm³/mol. The number of ether oxygens (including phenoxy) is 1. The maximum atomic E-state index is 10.9. The summed E-state index contributed by atoms with van der Waals surface area (Å²) in [5.74, 6) is 1.02. The number of nitrogens with zero attached hydrogens (tertiary/aromatic N) is 2. The maximum absolute atomic E-state index is 10.9. The lowest BCUT2D eigenvalue weighted by Gasteiger charge is -2.38. The van der Waals surface area contributed by atoms with Gasteiger partial charge in [-0.3, -0.25) is 15.0 Å². The largest absolute Gasteiger partial charge is 0.474 e. The highest BCUT2D eigenvalue weighted by Gasteiger charge is 2.33. The van der Waals surface area contributed by atoms with Gasteiger partial charge in [-0.15, -0.1) is 0 Å². The molecular formula is C21H20N2O3. The van der Waals surface area contributed by atoms with E-state index in [1.165, 1.54) is 16.3 Å². The van der Waals surface area contributed by atoms with Crippen molar-refractivity contribution in [3.05, 3.63) is 81.9 Å². The third kappa shape index (κ3) is 2.80. The number of hydrogen-bond donors (Lipinski definition) is 0. The standard InChI is InChI=1S/C21H20N2O3/c1-22(2)21-18(15-7-10-16(11-8-15)23(24)25)13-19-17-6-4-3-5-14(17)9-12-20(19)26-21/h3-12,18,21H,13H2,1-2H3/t18-,21+/m0/s1. The summed E-state index contributed by atoms with van der Waals surface area (Å²) in [5.41, 5.74) is 2.36. The van der Waals surface area contributed by atoms with Crippen molar-refractivity contribution in [2.75, 3.05) is 14.1 Å². The molecule has 5 heteroatoms. The predicted octanol–water partition coefficient (Wildman–Crippen LogP) is 4.35. The summed E-state index contributed by atoms with van der Waals surface area (Å²) in [5, 5.41) is 13.3. The van der Waals surface area contributed by atoms with E-state index >= 15 is 0 Å². The van der Waals surface area contributed by atoms with Crippen molar-refractivity contribution >= 4 is 16.5 Å². The molecule has 4 rings (SSSR count). The van der Waals surface area contributed by atoms with Crippen LogP contribution in [0.4, 0.5) is 5.69 Å². The molecule has 3 aromatic rings. The van der Waals surface area contributed by atoms with E-state index in [9.17, 15) is 10.1 Å². The molecular weight excluding hydrogens is 328 g/mol. The van der Waals surface area contributed by atoms with Crippen LogP contribution >= 0.6 is 0 Å². The SMILES string of the molecule is CN(C)[C@@H]1Oc2ccc3ccccc3c2C[C@H]1c1ccc([N+](=O)[O-])cc1. The molecule has 1 aliphatic rings. The second-order valence-electron chi connectivity index (χ2n) is 6.89. The van der Waals surface area contributed by atoms with Gasteiger partial charge in [-0.1, -0.05) is 42.5 Å². The summed E-state index contributed by atoms with van der Waals surface area (Å²) in [4.78, 5) is 12.6. The first-order valence-corrected chi connectivity index (χ1v) is 8.62. The third-order valence-corrected chi connectivity index (χ3v) is 5.05. The summed E-state index contributed by atoms with van der Waals surface area (Å²) >= 11 is 0. The zero-order valence-electron chi connectivity index (χ0n) is 14.8. The Morgan fingerprint density at radius 2 is 1.77 bits per heavy atom. The Labute approximate surface area is 152 Å². The fourth-order valence-corrected chi connectivity index (χ4v) is 3.76. The molecule has 3 aromatic carbocycles. The number of benzene rings is 3. The lowest BCUT2D eigenvalue weighted by molar-refractivity contribution is -0.384. The molecule has 0 saturated heterocycles. The normalized spacial score (nSPS) is 19.2. The van der Waals surface area contributed by atoms with E-state index in [4.69, 9.17) is 4.74 Å². The summed E-state index contributed by atoms with van der Waals surface area (Å²) in [6.07, 6.45) is 0.710. The Hall–Kier alpha value is -2.92. The lowest BCUT2D eigenvalue weighted by Crippen LogP contribution is -2.42. The number of non-ortho nitro benzene ring substituents is 1. The van der Waals surface area contributed by atoms with Crippen LogP contribution in [0.2, 0.25) is 0 Å². The van der Waals surface area contributed by atoms with Gasteiger partial charge in [0.25, 0.3) is 5.69 Å². The zero-order chi connectivity index (χ0) is 18.3. The Balaban J connectivity index is 1.79. The molecule has 1 heterocycles. The molecule has 5 nitrogen and oxygen atoms in total. The summed E-state index contributed by atoms with van der Waals surface area (Å²) in [6, 6.07) is 19.3. The molecule has 0 aromatic heterocycles. The minimum absolute atomic E-state index is 0.101. The Kier molecular flexibility index (Phi) is 4.09. The molecule has 0 bridgehead atoms. The van der Waals surface area contributed by atoms with E-state index in [0.717, 1.165) is 17.7 Å². The molecule has 0 unspecified atom stereocenters. The molecule has 0 radical (unpaired) electrons. The van der Waals surface area contributed by atoms with Crippen molar-refractivity contribution in [3.63, 3.8) is 0 Å². The van der Waals surface area contributed by atoms with Gasteiger partial charge in [0, 0.05) is 23.6 Å². The number of hydrogen-bond acceptors (Lipinski definition) is 4. The lowest BCUT2D eigenvalue weighted by atomic mass is 9.85. The van der Waals surface area contributed by atoms with Crippen LogP contribution in [0.15, 0.2) is 60.7 Å². The molecule has 0 amide bonds. The molecule has 0 aliphatic carbocycles. The molecule has 0 fully saturated rings. The molecule has 0 spiro atoms. The zero-order valence-corrected chi connectivity index (χ0v) is 14.8. The smallest absolute Gasteiger partial charge is 0.269 e. The number of nitro groups is 1. The average Bonchev–Trinajstić information content (AvgIpc) is 2.66. The van der Waals surface area contributed by atoms with Gasteiger partial charge in [0.15, 0.2) is 6.23 Å². The van der Waals surface area contributed by atoms with E-state index in [0.29, 0.717) is 0 Å². The second kappa shape index (κ2) is 6.42. The van der Waals surface area contributed by atoms with Crippen molar-refractivity contribution in [2.24, 2.45) is 0 Å². The van der Waals surface area contributed by atoms with E-state index in [-0.39, 0.29) is 22.8 Å². The van der Waals surface area contributed by atoms with Crippen LogP contribution in [-0.2, 0) is 6.42 Å². The summed E-state index contributed by atoms with van der Waals surface area (Å²) in [7, 11) is 3.99. The number of fused-ring (bicyclic) bond motifs is 3. The Bertz CT molecular complexity index is 967. The van der Waals surface area contributed by atoms with Gasteiger partial charge >= 0.3 is 0 Å². The number of likely N-dealkylation sites (N-methyl/N-ethyl adjacent to an activating group) is 1. The average molecular weight is 348 g/mol. The highest BCUT2D eigenvalue weighted by atomic mass is 16.6. The van der Waals surface area contributed by atoms with Crippen LogP contribution in [0.3, 0.4) is 0 Å². The van der Waals surface area contributed by atoms with Gasteiger partial charge < -0.3 is 4.74 Å². The second-order valence-corrected chi connectivity index (χ2v) is 6.89. The van der Waals surface area contributed by atoms with Gasteiger partial charge in [-0.2, -0.15) is 0 Å². The monoisotopic (exact) mass is 348 g/mol. The Morgan fingerprint density at radius 3 is 2.46 bits per heavy atom.